The molecule has 1 aromatic heterocycles. The van der Waals surface area contributed by atoms with E-state index < -0.39 is 0 Å². The Labute approximate surface area is 109 Å². The third-order valence-electron chi connectivity index (χ3n) is 3.56. The monoisotopic (exact) mass is 247 g/mol. The Bertz CT molecular complexity index is 389. The lowest BCUT2D eigenvalue weighted by molar-refractivity contribution is 0.152. The van der Waals surface area contributed by atoms with Crippen LogP contribution in [0.5, 0.6) is 0 Å². The van der Waals surface area contributed by atoms with Crippen LogP contribution in [0.25, 0.3) is 0 Å². The molecule has 1 aliphatic heterocycles. The van der Waals surface area contributed by atoms with Gasteiger partial charge in [-0.15, -0.1) is 0 Å². The average Bonchev–Trinajstić information content (AvgIpc) is 2.90. The van der Waals surface area contributed by atoms with Crippen LogP contribution in [0.1, 0.15) is 38.4 Å². The van der Waals surface area contributed by atoms with Crippen molar-refractivity contribution in [1.82, 2.24) is 14.8 Å². The summed E-state index contributed by atoms with van der Waals surface area (Å²) >= 11 is 0. The first-order valence-electron chi connectivity index (χ1n) is 6.74. The maximum atomic E-state index is 12.4. The number of likely N-dealkylation sites (tertiary alicyclic amines) is 1. The molecule has 0 aromatic carbocycles. The normalized spacial score (nSPS) is 19.0. The average molecular weight is 247 g/mol. The Morgan fingerprint density at radius 2 is 2.22 bits per heavy atom. The summed E-state index contributed by atoms with van der Waals surface area (Å²) in [4.78, 5) is 20.7. The van der Waals surface area contributed by atoms with Gasteiger partial charge in [-0.3, -0.25) is 4.98 Å². The van der Waals surface area contributed by atoms with E-state index in [-0.39, 0.29) is 12.1 Å². The minimum Gasteiger partial charge on any atom is -0.325 e. The number of amides is 2. The third kappa shape index (κ3) is 2.47. The SMILES string of the molecule is CCN(CC)C(=O)N1CCCC1c1ccccn1. The summed E-state index contributed by atoms with van der Waals surface area (Å²) in [5.74, 6) is 0. The van der Waals surface area contributed by atoms with E-state index in [1.165, 1.54) is 0 Å². The Balaban J connectivity index is 2.15. The van der Waals surface area contributed by atoms with Crippen LogP contribution in [-0.4, -0.2) is 40.4 Å². The smallest absolute Gasteiger partial charge is 0.320 e. The van der Waals surface area contributed by atoms with Gasteiger partial charge >= 0.3 is 6.03 Å². The molecule has 4 nitrogen and oxygen atoms in total. The van der Waals surface area contributed by atoms with Crippen LogP contribution in [0.2, 0.25) is 0 Å². The maximum Gasteiger partial charge on any atom is 0.320 e. The highest BCUT2D eigenvalue weighted by Crippen LogP contribution is 2.31. The number of urea groups is 1. The van der Waals surface area contributed by atoms with Crippen molar-refractivity contribution in [3.63, 3.8) is 0 Å². The summed E-state index contributed by atoms with van der Waals surface area (Å²) in [5, 5.41) is 0. The van der Waals surface area contributed by atoms with Crippen molar-refractivity contribution in [2.24, 2.45) is 0 Å². The predicted octanol–water partition coefficient (Wildman–Crippen LogP) is 2.68. The standard InChI is InChI=1S/C14H21N3O/c1-3-16(4-2)14(18)17-11-7-9-13(17)12-8-5-6-10-15-12/h5-6,8,10,13H,3-4,7,9,11H2,1-2H3. The van der Waals surface area contributed by atoms with Crippen molar-refractivity contribution in [3.05, 3.63) is 30.1 Å². The van der Waals surface area contributed by atoms with Gasteiger partial charge in [-0.2, -0.15) is 0 Å². The number of carbonyl (C=O) groups excluding carboxylic acids is 1. The van der Waals surface area contributed by atoms with Gasteiger partial charge in [0, 0.05) is 25.8 Å². The van der Waals surface area contributed by atoms with Crippen molar-refractivity contribution in [3.8, 4) is 0 Å². The molecular formula is C14H21N3O. The second-order valence-corrected chi connectivity index (χ2v) is 4.56. The number of rotatable bonds is 3. The molecule has 4 heteroatoms. The van der Waals surface area contributed by atoms with Gasteiger partial charge < -0.3 is 9.80 Å². The van der Waals surface area contributed by atoms with Crippen molar-refractivity contribution in [2.75, 3.05) is 19.6 Å². The summed E-state index contributed by atoms with van der Waals surface area (Å²) in [5.41, 5.74) is 1.01. The van der Waals surface area contributed by atoms with E-state index in [0.29, 0.717) is 0 Å². The molecule has 0 N–H and O–H groups in total. The molecule has 0 aliphatic carbocycles. The van der Waals surface area contributed by atoms with Crippen LogP contribution in [-0.2, 0) is 0 Å². The Morgan fingerprint density at radius 1 is 1.44 bits per heavy atom. The van der Waals surface area contributed by atoms with Crippen molar-refractivity contribution in [2.45, 2.75) is 32.7 Å². The summed E-state index contributed by atoms with van der Waals surface area (Å²) in [6.07, 6.45) is 3.88. The zero-order valence-corrected chi connectivity index (χ0v) is 11.2. The van der Waals surface area contributed by atoms with Gasteiger partial charge in [-0.1, -0.05) is 6.07 Å². The zero-order chi connectivity index (χ0) is 13.0. The largest absolute Gasteiger partial charge is 0.325 e. The molecule has 1 aromatic rings. The zero-order valence-electron chi connectivity index (χ0n) is 11.2. The molecule has 0 bridgehead atoms. The van der Waals surface area contributed by atoms with Gasteiger partial charge in [-0.05, 0) is 38.8 Å². The fourth-order valence-corrected chi connectivity index (χ4v) is 2.55. The number of aromatic nitrogens is 1. The van der Waals surface area contributed by atoms with Crippen molar-refractivity contribution >= 4 is 6.03 Å². The summed E-state index contributed by atoms with van der Waals surface area (Å²) < 4.78 is 0. The van der Waals surface area contributed by atoms with Crippen molar-refractivity contribution < 1.29 is 4.79 Å². The molecule has 18 heavy (non-hydrogen) atoms. The number of pyridine rings is 1. The molecule has 98 valence electrons. The van der Waals surface area contributed by atoms with Crippen LogP contribution in [0, 0.1) is 0 Å². The van der Waals surface area contributed by atoms with E-state index in [1.54, 1.807) is 6.20 Å². The first kappa shape index (κ1) is 12.9. The van der Waals surface area contributed by atoms with Gasteiger partial charge in [0.1, 0.15) is 0 Å². The molecule has 0 saturated carbocycles. The summed E-state index contributed by atoms with van der Waals surface area (Å²) in [6, 6.07) is 6.21. The highest BCUT2D eigenvalue weighted by molar-refractivity contribution is 5.75. The molecule has 2 rings (SSSR count). The molecule has 0 spiro atoms. The Morgan fingerprint density at radius 3 is 2.83 bits per heavy atom. The summed E-state index contributed by atoms with van der Waals surface area (Å²) in [7, 11) is 0. The van der Waals surface area contributed by atoms with Crippen LogP contribution >= 0.6 is 0 Å². The fourth-order valence-electron chi connectivity index (χ4n) is 2.55. The second-order valence-electron chi connectivity index (χ2n) is 4.56. The molecule has 1 saturated heterocycles. The lowest BCUT2D eigenvalue weighted by Crippen LogP contribution is -2.42. The molecule has 2 heterocycles. The van der Waals surface area contributed by atoms with Gasteiger partial charge in [0.2, 0.25) is 0 Å². The Kier molecular flexibility index (Phi) is 4.18. The second kappa shape index (κ2) is 5.85. The van der Waals surface area contributed by atoms with Crippen LogP contribution < -0.4 is 0 Å². The number of carbonyl (C=O) groups is 1. The molecule has 1 unspecified atom stereocenters. The van der Waals surface area contributed by atoms with Crippen molar-refractivity contribution in [1.29, 1.82) is 0 Å². The van der Waals surface area contributed by atoms with Gasteiger partial charge in [0.25, 0.3) is 0 Å². The van der Waals surface area contributed by atoms with E-state index in [0.717, 1.165) is 38.2 Å². The number of nitrogens with zero attached hydrogens (tertiary/aromatic N) is 3. The van der Waals surface area contributed by atoms with E-state index in [9.17, 15) is 4.79 Å². The summed E-state index contributed by atoms with van der Waals surface area (Å²) in [6.45, 7) is 6.42. The van der Waals surface area contributed by atoms with Gasteiger partial charge in [-0.25, -0.2) is 4.79 Å². The molecule has 0 radical (unpaired) electrons. The van der Waals surface area contributed by atoms with Gasteiger partial charge in [0.15, 0.2) is 0 Å². The number of hydrogen-bond acceptors (Lipinski definition) is 2. The topological polar surface area (TPSA) is 36.4 Å². The lowest BCUT2D eigenvalue weighted by Gasteiger charge is -2.30. The van der Waals surface area contributed by atoms with E-state index >= 15 is 0 Å². The number of hydrogen-bond donors (Lipinski definition) is 0. The van der Waals surface area contributed by atoms with E-state index in [1.807, 2.05) is 41.8 Å². The molecule has 1 aliphatic rings. The third-order valence-corrected chi connectivity index (χ3v) is 3.56. The van der Waals surface area contributed by atoms with E-state index in [2.05, 4.69) is 4.98 Å². The molecule has 2 amide bonds. The highest BCUT2D eigenvalue weighted by atomic mass is 16.2. The first-order chi connectivity index (χ1) is 8.77. The van der Waals surface area contributed by atoms with Crippen LogP contribution in [0.3, 0.4) is 0 Å². The molecular weight excluding hydrogens is 226 g/mol. The van der Waals surface area contributed by atoms with E-state index in [4.69, 9.17) is 0 Å². The lowest BCUT2D eigenvalue weighted by atomic mass is 10.1. The first-order valence-corrected chi connectivity index (χ1v) is 6.74. The van der Waals surface area contributed by atoms with Crippen LogP contribution in [0.15, 0.2) is 24.4 Å². The highest BCUT2D eigenvalue weighted by Gasteiger charge is 2.32. The van der Waals surface area contributed by atoms with Gasteiger partial charge in [0.05, 0.1) is 11.7 Å². The van der Waals surface area contributed by atoms with Crippen LogP contribution in [0.4, 0.5) is 4.79 Å². The predicted molar refractivity (Wildman–Crippen MR) is 71.2 cm³/mol. The molecule has 1 atom stereocenters. The maximum absolute atomic E-state index is 12.4. The molecule has 1 fully saturated rings. The Hall–Kier alpha value is -1.58. The quantitative estimate of drug-likeness (QED) is 0.823. The fraction of sp³-hybridized carbons (Fsp3) is 0.571. The minimum atomic E-state index is 0.146. The minimum absolute atomic E-state index is 0.146.